The Hall–Kier alpha value is -3.41. The van der Waals surface area contributed by atoms with Crippen molar-refractivity contribution in [1.29, 1.82) is 0 Å². The van der Waals surface area contributed by atoms with Gasteiger partial charge in [0.05, 0.1) is 17.0 Å². The van der Waals surface area contributed by atoms with Crippen LogP contribution >= 0.6 is 11.8 Å². The van der Waals surface area contributed by atoms with Gasteiger partial charge in [0.2, 0.25) is 5.91 Å². The van der Waals surface area contributed by atoms with Gasteiger partial charge in [0.1, 0.15) is 11.6 Å². The minimum Gasteiger partial charge on any atom is -0.351 e. The number of amides is 2. The first-order valence-electron chi connectivity index (χ1n) is 9.25. The van der Waals surface area contributed by atoms with E-state index in [1.165, 1.54) is 18.2 Å². The van der Waals surface area contributed by atoms with Gasteiger partial charge >= 0.3 is 0 Å². The average Bonchev–Trinajstić information content (AvgIpc) is 3.12. The lowest BCUT2D eigenvalue weighted by atomic mass is 10.2. The molecule has 3 rings (SSSR count). The molecule has 0 radical (unpaired) electrons. The minimum atomic E-state index is -1.67. The van der Waals surface area contributed by atoms with Crippen molar-refractivity contribution in [2.45, 2.75) is 11.6 Å². The number of hydrogen-bond acceptors (Lipinski definition) is 5. The number of anilines is 1. The molecular weight excluding hydrogens is 450 g/mol. The molecule has 3 aromatic rings. The van der Waals surface area contributed by atoms with Gasteiger partial charge in [0.25, 0.3) is 5.91 Å². The predicted octanol–water partition coefficient (Wildman–Crippen LogP) is 3.07. The monoisotopic (exact) mass is 467 g/mol. The average molecular weight is 467 g/mol. The molecule has 12 heteroatoms. The van der Waals surface area contributed by atoms with E-state index in [0.29, 0.717) is 23.5 Å². The van der Waals surface area contributed by atoms with Crippen molar-refractivity contribution in [1.82, 2.24) is 20.1 Å². The third-order valence-electron chi connectivity index (χ3n) is 4.32. The van der Waals surface area contributed by atoms with Crippen LogP contribution in [-0.4, -0.2) is 38.9 Å². The van der Waals surface area contributed by atoms with Crippen LogP contribution < -0.4 is 10.6 Å². The van der Waals surface area contributed by atoms with Gasteiger partial charge in [-0.3, -0.25) is 9.59 Å². The van der Waals surface area contributed by atoms with Gasteiger partial charge in [-0.1, -0.05) is 23.9 Å². The van der Waals surface area contributed by atoms with Crippen LogP contribution in [0.5, 0.6) is 0 Å². The Labute approximate surface area is 184 Å². The molecule has 0 unspecified atom stereocenters. The number of nitrogens with one attached hydrogen (secondary N) is 2. The van der Waals surface area contributed by atoms with Crippen molar-refractivity contribution >= 4 is 29.3 Å². The SMILES string of the molecule is Cn1c(CCNC(=O)c2ccccc2F)nnc1SCC(=O)Nc1ccc(F)c(F)c1F. The van der Waals surface area contributed by atoms with E-state index in [1.807, 2.05) is 0 Å². The summed E-state index contributed by atoms with van der Waals surface area (Å²) in [6.45, 7) is 0.180. The van der Waals surface area contributed by atoms with Crippen molar-refractivity contribution in [3.05, 3.63) is 71.1 Å². The summed E-state index contributed by atoms with van der Waals surface area (Å²) in [5.74, 6) is -6.02. The Kier molecular flexibility index (Phi) is 7.46. The molecule has 0 saturated heterocycles. The van der Waals surface area contributed by atoms with Gasteiger partial charge in [-0.05, 0) is 24.3 Å². The largest absolute Gasteiger partial charge is 0.351 e. The van der Waals surface area contributed by atoms with Crippen LogP contribution in [0.15, 0.2) is 41.6 Å². The van der Waals surface area contributed by atoms with Crippen molar-refractivity contribution < 1.29 is 27.2 Å². The van der Waals surface area contributed by atoms with Crippen LogP contribution in [0.25, 0.3) is 0 Å². The van der Waals surface area contributed by atoms with Crippen LogP contribution in [0, 0.1) is 23.3 Å². The molecule has 1 heterocycles. The fourth-order valence-electron chi connectivity index (χ4n) is 2.66. The Balaban J connectivity index is 1.50. The third-order valence-corrected chi connectivity index (χ3v) is 5.34. The topological polar surface area (TPSA) is 88.9 Å². The van der Waals surface area contributed by atoms with Gasteiger partial charge in [-0.2, -0.15) is 0 Å². The Bertz CT molecular complexity index is 1160. The molecule has 0 aliphatic rings. The molecule has 32 heavy (non-hydrogen) atoms. The van der Waals surface area contributed by atoms with Crippen LogP contribution in [0.1, 0.15) is 16.2 Å². The number of halogens is 4. The summed E-state index contributed by atoms with van der Waals surface area (Å²) in [6, 6.07) is 7.24. The molecule has 1 aromatic heterocycles. The quantitative estimate of drug-likeness (QED) is 0.302. The molecule has 0 aliphatic carbocycles. The van der Waals surface area contributed by atoms with E-state index < -0.39 is 40.8 Å². The zero-order valence-electron chi connectivity index (χ0n) is 16.7. The first-order chi connectivity index (χ1) is 15.3. The number of hydrogen-bond donors (Lipinski definition) is 2. The lowest BCUT2D eigenvalue weighted by molar-refractivity contribution is -0.113. The number of aromatic nitrogens is 3. The number of thioether (sulfide) groups is 1. The molecule has 0 bridgehead atoms. The maximum absolute atomic E-state index is 13.6. The molecular formula is C20H17F4N5O2S. The second-order valence-electron chi connectivity index (χ2n) is 6.50. The van der Waals surface area contributed by atoms with Crippen molar-refractivity contribution in [2.75, 3.05) is 17.6 Å². The van der Waals surface area contributed by atoms with Gasteiger partial charge < -0.3 is 15.2 Å². The Morgan fingerprint density at radius 2 is 1.75 bits per heavy atom. The van der Waals surface area contributed by atoms with Crippen molar-refractivity contribution in [2.24, 2.45) is 7.05 Å². The van der Waals surface area contributed by atoms with Gasteiger partial charge in [-0.25, -0.2) is 17.6 Å². The Morgan fingerprint density at radius 3 is 2.50 bits per heavy atom. The van der Waals surface area contributed by atoms with E-state index in [4.69, 9.17) is 0 Å². The molecule has 0 atom stereocenters. The molecule has 2 N–H and O–H groups in total. The zero-order chi connectivity index (χ0) is 23.3. The molecule has 168 valence electrons. The highest BCUT2D eigenvalue weighted by molar-refractivity contribution is 7.99. The lowest BCUT2D eigenvalue weighted by Crippen LogP contribution is -2.27. The first-order valence-corrected chi connectivity index (χ1v) is 10.2. The Morgan fingerprint density at radius 1 is 1.00 bits per heavy atom. The smallest absolute Gasteiger partial charge is 0.254 e. The summed E-state index contributed by atoms with van der Waals surface area (Å²) in [4.78, 5) is 24.0. The molecule has 0 fully saturated rings. The fraction of sp³-hybridized carbons (Fsp3) is 0.200. The highest BCUT2D eigenvalue weighted by atomic mass is 32.2. The molecule has 2 amide bonds. The number of carbonyl (C=O) groups excluding carboxylic acids is 2. The van der Waals surface area contributed by atoms with Crippen LogP contribution in [0.2, 0.25) is 0 Å². The normalized spacial score (nSPS) is 10.8. The number of carbonyl (C=O) groups is 2. The summed E-state index contributed by atoms with van der Waals surface area (Å²) in [5, 5.41) is 13.1. The van der Waals surface area contributed by atoms with E-state index in [1.54, 1.807) is 17.7 Å². The van der Waals surface area contributed by atoms with Crippen molar-refractivity contribution in [3.63, 3.8) is 0 Å². The van der Waals surface area contributed by atoms with Gasteiger partial charge in [0.15, 0.2) is 22.6 Å². The van der Waals surface area contributed by atoms with Crippen LogP contribution in [0.3, 0.4) is 0 Å². The van der Waals surface area contributed by atoms with Crippen molar-refractivity contribution in [3.8, 4) is 0 Å². The van der Waals surface area contributed by atoms with E-state index in [2.05, 4.69) is 20.8 Å². The van der Waals surface area contributed by atoms with Crippen LogP contribution in [-0.2, 0) is 18.3 Å². The highest BCUT2D eigenvalue weighted by Crippen LogP contribution is 2.21. The summed E-state index contributed by atoms with van der Waals surface area (Å²) < 4.78 is 55.1. The van der Waals surface area contributed by atoms with Crippen LogP contribution in [0.4, 0.5) is 23.2 Å². The number of rotatable bonds is 8. The minimum absolute atomic E-state index is 0.0646. The standard InChI is InChI=1S/C20H17F4N5O2S/c1-29-15(8-9-25-19(31)11-4-2-3-5-12(11)21)27-28-20(29)32-10-16(30)26-14-7-6-13(22)17(23)18(14)24/h2-7H,8-10H2,1H3,(H,25,31)(H,26,30). The number of nitrogens with zero attached hydrogens (tertiary/aromatic N) is 3. The molecule has 0 spiro atoms. The summed E-state index contributed by atoms with van der Waals surface area (Å²) in [6.07, 6.45) is 0.302. The summed E-state index contributed by atoms with van der Waals surface area (Å²) in [5.41, 5.74) is -0.538. The van der Waals surface area contributed by atoms with E-state index >= 15 is 0 Å². The summed E-state index contributed by atoms with van der Waals surface area (Å²) in [7, 11) is 1.66. The lowest BCUT2D eigenvalue weighted by Gasteiger charge is -2.08. The fourth-order valence-corrected chi connectivity index (χ4v) is 3.39. The van der Waals surface area contributed by atoms with E-state index in [9.17, 15) is 27.2 Å². The molecule has 0 saturated carbocycles. The predicted molar refractivity (Wildman–Crippen MR) is 109 cm³/mol. The first kappa shape index (κ1) is 23.3. The maximum Gasteiger partial charge on any atom is 0.254 e. The third kappa shape index (κ3) is 5.44. The van der Waals surface area contributed by atoms with Gasteiger partial charge in [0, 0.05) is 20.0 Å². The maximum atomic E-state index is 13.6. The summed E-state index contributed by atoms with van der Waals surface area (Å²) >= 11 is 0.997. The second-order valence-corrected chi connectivity index (χ2v) is 7.45. The zero-order valence-corrected chi connectivity index (χ0v) is 17.5. The second kappa shape index (κ2) is 10.3. The van der Waals surface area contributed by atoms with E-state index in [-0.39, 0.29) is 17.9 Å². The number of benzene rings is 2. The molecule has 0 aliphatic heterocycles. The molecule has 2 aromatic carbocycles. The van der Waals surface area contributed by atoms with E-state index in [0.717, 1.165) is 17.8 Å². The van der Waals surface area contributed by atoms with Gasteiger partial charge in [-0.15, -0.1) is 10.2 Å². The highest BCUT2D eigenvalue weighted by Gasteiger charge is 2.17. The molecule has 7 nitrogen and oxygen atoms in total.